The fraction of sp³-hybridized carbons (Fsp3) is 0.545. The normalized spacial score (nSPS) is 19.3. The number of morpholine rings is 1. The van der Waals surface area contributed by atoms with Crippen molar-refractivity contribution in [2.45, 2.75) is 44.7 Å². The summed E-state index contributed by atoms with van der Waals surface area (Å²) in [6.45, 7) is 5.21. The van der Waals surface area contributed by atoms with Crippen LogP contribution in [0.3, 0.4) is 0 Å². The molecule has 29 heavy (non-hydrogen) atoms. The third-order valence-electron chi connectivity index (χ3n) is 6.39. The molecule has 0 atom stereocenters. The first kappa shape index (κ1) is 19.1. The van der Waals surface area contributed by atoms with Crippen LogP contribution < -0.4 is 5.56 Å². The van der Waals surface area contributed by atoms with Gasteiger partial charge < -0.3 is 9.30 Å². The van der Waals surface area contributed by atoms with Gasteiger partial charge in [0, 0.05) is 42.8 Å². The fourth-order valence-corrected chi connectivity index (χ4v) is 4.91. The summed E-state index contributed by atoms with van der Waals surface area (Å²) in [5.41, 5.74) is 2.60. The molecule has 5 rings (SSSR count). The number of hydrogen-bond donors (Lipinski definition) is 0. The number of pyridine rings is 1. The molecule has 3 heterocycles. The van der Waals surface area contributed by atoms with E-state index in [0.717, 1.165) is 68.8 Å². The van der Waals surface area contributed by atoms with E-state index in [0.29, 0.717) is 10.6 Å². The highest BCUT2D eigenvalue weighted by Crippen LogP contribution is 2.32. The van der Waals surface area contributed by atoms with E-state index in [1.165, 1.54) is 19.3 Å². The predicted octanol–water partition coefficient (Wildman–Crippen LogP) is 3.79. The lowest BCUT2D eigenvalue weighted by molar-refractivity contribution is 0.0365. The highest BCUT2D eigenvalue weighted by atomic mass is 35.5. The van der Waals surface area contributed by atoms with Crippen LogP contribution in [-0.2, 0) is 11.3 Å². The quantitative estimate of drug-likeness (QED) is 0.651. The van der Waals surface area contributed by atoms with Crippen LogP contribution in [0.25, 0.3) is 22.2 Å². The van der Waals surface area contributed by atoms with Crippen molar-refractivity contribution in [3.63, 3.8) is 0 Å². The highest BCUT2D eigenvalue weighted by Gasteiger charge is 2.25. The standard InChI is InChI=1S/C22H27ClN4O2/c23-16-6-7-18-20(14-16)26(9-8-25-10-12-29-13-11-25)15-19-21(18)24-27(22(19)28)17-4-2-1-3-5-17/h6-7,14-15,17H,1-5,8-13H2. The SMILES string of the molecule is O=c1c2cn(CCN3CCOCC3)c3cc(Cl)ccc3c-2nn1C1CCCCC1. The molecule has 3 aliphatic heterocycles. The highest BCUT2D eigenvalue weighted by molar-refractivity contribution is 6.31. The summed E-state index contributed by atoms with van der Waals surface area (Å²) >= 11 is 6.32. The maximum absolute atomic E-state index is 13.2. The average Bonchev–Trinajstić information content (AvgIpc) is 3.09. The molecule has 0 aromatic heterocycles. The minimum absolute atomic E-state index is 0.0453. The number of rotatable bonds is 4. The van der Waals surface area contributed by atoms with Crippen molar-refractivity contribution in [2.24, 2.45) is 0 Å². The van der Waals surface area contributed by atoms with E-state index in [1.807, 2.05) is 24.4 Å². The third kappa shape index (κ3) is 3.69. The van der Waals surface area contributed by atoms with Gasteiger partial charge in [-0.1, -0.05) is 30.9 Å². The molecule has 6 nitrogen and oxygen atoms in total. The molecular weight excluding hydrogens is 388 g/mol. The minimum Gasteiger partial charge on any atom is -0.379 e. The van der Waals surface area contributed by atoms with Gasteiger partial charge in [0.2, 0.25) is 0 Å². The molecule has 0 radical (unpaired) electrons. The molecule has 2 fully saturated rings. The maximum atomic E-state index is 13.2. The molecule has 154 valence electrons. The Kier molecular flexibility index (Phi) is 5.33. The number of ether oxygens (including phenoxy) is 1. The first-order valence-electron chi connectivity index (χ1n) is 10.7. The number of nitrogens with zero attached hydrogens (tertiary/aromatic N) is 4. The first-order chi connectivity index (χ1) is 14.2. The third-order valence-corrected chi connectivity index (χ3v) is 6.63. The van der Waals surface area contributed by atoms with E-state index in [1.54, 1.807) is 4.68 Å². The largest absolute Gasteiger partial charge is 0.379 e. The van der Waals surface area contributed by atoms with Crippen LogP contribution in [0.5, 0.6) is 0 Å². The van der Waals surface area contributed by atoms with Crippen molar-refractivity contribution in [2.75, 3.05) is 32.8 Å². The molecule has 0 amide bonds. The zero-order chi connectivity index (χ0) is 19.8. The molecule has 1 aromatic carbocycles. The Morgan fingerprint density at radius 1 is 1.10 bits per heavy atom. The van der Waals surface area contributed by atoms with Crippen molar-refractivity contribution in [1.82, 2.24) is 19.2 Å². The Morgan fingerprint density at radius 3 is 2.69 bits per heavy atom. The molecular formula is C22H27ClN4O2. The van der Waals surface area contributed by atoms with Gasteiger partial charge in [-0.2, -0.15) is 5.10 Å². The summed E-state index contributed by atoms with van der Waals surface area (Å²) in [6.07, 6.45) is 7.69. The maximum Gasteiger partial charge on any atom is 0.278 e. The Hall–Kier alpha value is -1.89. The van der Waals surface area contributed by atoms with Gasteiger partial charge in [-0.05, 0) is 31.0 Å². The molecule has 1 aliphatic carbocycles. The van der Waals surface area contributed by atoms with Gasteiger partial charge in [0.05, 0.1) is 30.3 Å². The van der Waals surface area contributed by atoms with E-state index in [2.05, 4.69) is 9.47 Å². The topological polar surface area (TPSA) is 52.3 Å². The molecule has 0 N–H and O–H groups in total. The van der Waals surface area contributed by atoms with Gasteiger partial charge in [0.15, 0.2) is 0 Å². The molecule has 0 spiro atoms. The van der Waals surface area contributed by atoms with Crippen LogP contribution in [-0.4, -0.2) is 52.1 Å². The van der Waals surface area contributed by atoms with Crippen LogP contribution in [0.2, 0.25) is 5.02 Å². The first-order valence-corrected chi connectivity index (χ1v) is 11.1. The van der Waals surface area contributed by atoms with E-state index in [-0.39, 0.29) is 11.6 Å². The second-order valence-electron chi connectivity index (χ2n) is 8.24. The zero-order valence-corrected chi connectivity index (χ0v) is 17.4. The van der Waals surface area contributed by atoms with E-state index >= 15 is 0 Å². The summed E-state index contributed by atoms with van der Waals surface area (Å²) in [7, 11) is 0. The van der Waals surface area contributed by atoms with Crippen molar-refractivity contribution in [3.8, 4) is 11.3 Å². The van der Waals surface area contributed by atoms with Gasteiger partial charge in [0.1, 0.15) is 5.69 Å². The van der Waals surface area contributed by atoms with Crippen molar-refractivity contribution < 1.29 is 4.74 Å². The Labute approximate surface area is 175 Å². The number of fused-ring (bicyclic) bond motifs is 3. The zero-order valence-electron chi connectivity index (χ0n) is 16.6. The van der Waals surface area contributed by atoms with Crippen LogP contribution >= 0.6 is 11.6 Å². The molecule has 0 bridgehead atoms. The van der Waals surface area contributed by atoms with E-state index < -0.39 is 0 Å². The van der Waals surface area contributed by atoms with Crippen molar-refractivity contribution in [3.05, 3.63) is 39.8 Å². The van der Waals surface area contributed by atoms with Gasteiger partial charge >= 0.3 is 0 Å². The van der Waals surface area contributed by atoms with Gasteiger partial charge in [-0.3, -0.25) is 9.69 Å². The lowest BCUT2D eigenvalue weighted by Gasteiger charge is -2.27. The molecule has 1 aromatic rings. The molecule has 1 saturated carbocycles. The molecule has 1 saturated heterocycles. The number of hydrogen-bond acceptors (Lipinski definition) is 4. The van der Waals surface area contributed by atoms with Crippen LogP contribution in [0.1, 0.15) is 38.1 Å². The summed E-state index contributed by atoms with van der Waals surface area (Å²) in [5, 5.41) is 6.51. The summed E-state index contributed by atoms with van der Waals surface area (Å²) in [4.78, 5) is 15.6. The Morgan fingerprint density at radius 2 is 1.90 bits per heavy atom. The second kappa shape index (κ2) is 8.09. The molecule has 4 aliphatic rings. The Bertz CT molecular complexity index is 1030. The average molecular weight is 415 g/mol. The van der Waals surface area contributed by atoms with Crippen LogP contribution in [0, 0.1) is 0 Å². The molecule has 0 unspecified atom stereocenters. The van der Waals surface area contributed by atoms with Crippen molar-refractivity contribution >= 4 is 22.5 Å². The van der Waals surface area contributed by atoms with E-state index in [4.69, 9.17) is 21.4 Å². The smallest absolute Gasteiger partial charge is 0.278 e. The van der Waals surface area contributed by atoms with E-state index in [9.17, 15) is 4.79 Å². The summed E-state index contributed by atoms with van der Waals surface area (Å²) in [6, 6.07) is 6.11. The molecule has 7 heteroatoms. The lowest BCUT2D eigenvalue weighted by Crippen LogP contribution is -2.38. The summed E-state index contributed by atoms with van der Waals surface area (Å²) < 4.78 is 9.38. The predicted molar refractivity (Wildman–Crippen MR) is 115 cm³/mol. The minimum atomic E-state index is 0.0453. The lowest BCUT2D eigenvalue weighted by atomic mass is 9.96. The number of benzene rings is 1. The van der Waals surface area contributed by atoms with Crippen LogP contribution in [0.15, 0.2) is 29.2 Å². The fourth-order valence-electron chi connectivity index (χ4n) is 4.75. The van der Waals surface area contributed by atoms with Crippen molar-refractivity contribution in [1.29, 1.82) is 0 Å². The monoisotopic (exact) mass is 414 g/mol. The second-order valence-corrected chi connectivity index (χ2v) is 8.68. The van der Waals surface area contributed by atoms with Crippen LogP contribution in [0.4, 0.5) is 0 Å². The summed E-state index contributed by atoms with van der Waals surface area (Å²) in [5.74, 6) is 0. The van der Waals surface area contributed by atoms with Gasteiger partial charge in [-0.15, -0.1) is 0 Å². The van der Waals surface area contributed by atoms with Gasteiger partial charge in [0.25, 0.3) is 5.56 Å². The van der Waals surface area contributed by atoms with Gasteiger partial charge in [-0.25, -0.2) is 4.68 Å². The number of halogens is 1. The number of aromatic nitrogens is 3. The Balaban J connectivity index is 1.57.